The maximum absolute atomic E-state index is 10.6. The van der Waals surface area contributed by atoms with Gasteiger partial charge in [-0.3, -0.25) is 9.89 Å². The number of aromatic amines is 1. The molecule has 4 heteroatoms. The number of nitrogens with zero attached hydrogens (tertiary/aromatic N) is 1. The molecule has 0 spiro atoms. The van der Waals surface area contributed by atoms with Crippen LogP contribution in [-0.4, -0.2) is 21.3 Å². The van der Waals surface area contributed by atoms with Gasteiger partial charge < -0.3 is 5.11 Å². The summed E-state index contributed by atoms with van der Waals surface area (Å²) in [7, 11) is 0. The van der Waals surface area contributed by atoms with Gasteiger partial charge in [-0.05, 0) is 24.1 Å². The second-order valence-electron chi connectivity index (χ2n) is 3.33. The van der Waals surface area contributed by atoms with E-state index in [1.807, 2.05) is 19.1 Å². The van der Waals surface area contributed by atoms with Gasteiger partial charge in [0.15, 0.2) is 0 Å². The van der Waals surface area contributed by atoms with E-state index in [-0.39, 0.29) is 6.42 Å². The summed E-state index contributed by atoms with van der Waals surface area (Å²) >= 11 is 0. The number of fused-ring (bicyclic) bond motifs is 1. The molecule has 1 heterocycles. The maximum atomic E-state index is 10.6. The van der Waals surface area contributed by atoms with Gasteiger partial charge in [0.2, 0.25) is 0 Å². The smallest absolute Gasteiger partial charge is 0.307 e. The number of hydrogen-bond acceptors (Lipinski definition) is 2. The number of carboxylic acids is 1. The van der Waals surface area contributed by atoms with Gasteiger partial charge >= 0.3 is 5.97 Å². The van der Waals surface area contributed by atoms with Gasteiger partial charge in [0, 0.05) is 5.39 Å². The van der Waals surface area contributed by atoms with Crippen molar-refractivity contribution in [1.82, 2.24) is 10.2 Å². The van der Waals surface area contributed by atoms with E-state index in [0.717, 1.165) is 22.0 Å². The highest BCUT2D eigenvalue weighted by Crippen LogP contribution is 2.19. The van der Waals surface area contributed by atoms with Gasteiger partial charge in [0.1, 0.15) is 0 Å². The van der Waals surface area contributed by atoms with E-state index < -0.39 is 5.97 Å². The van der Waals surface area contributed by atoms with Gasteiger partial charge in [0.05, 0.1) is 18.1 Å². The molecule has 1 aromatic heterocycles. The summed E-state index contributed by atoms with van der Waals surface area (Å²) in [5, 5.41) is 16.3. The number of rotatable bonds is 2. The predicted octanol–water partition coefficient (Wildman–Crippen LogP) is 1.50. The van der Waals surface area contributed by atoms with Crippen LogP contribution in [0.5, 0.6) is 0 Å². The van der Waals surface area contributed by atoms with E-state index in [1.165, 1.54) is 0 Å². The van der Waals surface area contributed by atoms with Crippen LogP contribution in [0.25, 0.3) is 10.9 Å². The normalized spacial score (nSPS) is 10.6. The lowest BCUT2D eigenvalue weighted by Gasteiger charge is -2.01. The Kier molecular flexibility index (Phi) is 1.96. The Bertz CT molecular complexity index is 488. The number of H-pyrrole nitrogens is 1. The zero-order valence-electron chi connectivity index (χ0n) is 7.74. The van der Waals surface area contributed by atoms with Crippen molar-refractivity contribution in [3.8, 4) is 0 Å². The number of nitrogens with one attached hydrogen (secondary N) is 1. The fourth-order valence-electron chi connectivity index (χ4n) is 1.59. The molecule has 0 radical (unpaired) electrons. The first kappa shape index (κ1) is 8.74. The van der Waals surface area contributed by atoms with Crippen molar-refractivity contribution in [3.05, 3.63) is 29.5 Å². The largest absolute Gasteiger partial charge is 0.481 e. The number of aliphatic carboxylic acids is 1. The van der Waals surface area contributed by atoms with Crippen LogP contribution in [0.15, 0.2) is 18.3 Å². The van der Waals surface area contributed by atoms with E-state index >= 15 is 0 Å². The molecular formula is C10H10N2O2. The van der Waals surface area contributed by atoms with Crippen molar-refractivity contribution in [2.75, 3.05) is 0 Å². The molecule has 0 aliphatic rings. The molecule has 0 fully saturated rings. The summed E-state index contributed by atoms with van der Waals surface area (Å²) in [5.41, 5.74) is 2.74. The zero-order valence-corrected chi connectivity index (χ0v) is 7.74. The van der Waals surface area contributed by atoms with E-state index in [0.29, 0.717) is 0 Å². The Balaban J connectivity index is 2.60. The summed E-state index contributed by atoms with van der Waals surface area (Å²) < 4.78 is 0. The fraction of sp³-hybridized carbons (Fsp3) is 0.200. The molecule has 4 nitrogen and oxygen atoms in total. The number of aryl methyl sites for hydroxylation is 1. The number of carboxylic acid groups (broad SMARTS) is 1. The third kappa shape index (κ3) is 1.46. The van der Waals surface area contributed by atoms with E-state index in [4.69, 9.17) is 5.11 Å². The Morgan fingerprint density at radius 3 is 3.07 bits per heavy atom. The third-order valence-electron chi connectivity index (χ3n) is 2.13. The highest BCUT2D eigenvalue weighted by molar-refractivity contribution is 5.86. The minimum absolute atomic E-state index is 0.0394. The average molecular weight is 190 g/mol. The molecule has 72 valence electrons. The van der Waals surface area contributed by atoms with Crippen LogP contribution in [0.1, 0.15) is 11.1 Å². The van der Waals surface area contributed by atoms with Crippen molar-refractivity contribution in [3.63, 3.8) is 0 Å². The molecule has 2 aromatic rings. The third-order valence-corrected chi connectivity index (χ3v) is 2.13. The van der Waals surface area contributed by atoms with E-state index in [1.54, 1.807) is 6.20 Å². The van der Waals surface area contributed by atoms with E-state index in [2.05, 4.69) is 10.2 Å². The lowest BCUT2D eigenvalue weighted by molar-refractivity contribution is -0.136. The molecule has 0 saturated heterocycles. The van der Waals surface area contributed by atoms with Crippen molar-refractivity contribution in [1.29, 1.82) is 0 Å². The van der Waals surface area contributed by atoms with Gasteiger partial charge in [0.25, 0.3) is 0 Å². The molecule has 2 N–H and O–H groups in total. The first-order valence-electron chi connectivity index (χ1n) is 4.31. The minimum atomic E-state index is -0.821. The first-order chi connectivity index (χ1) is 6.66. The first-order valence-corrected chi connectivity index (χ1v) is 4.31. The van der Waals surface area contributed by atoms with Crippen LogP contribution in [-0.2, 0) is 11.2 Å². The van der Waals surface area contributed by atoms with Gasteiger partial charge in [-0.2, -0.15) is 5.10 Å². The summed E-state index contributed by atoms with van der Waals surface area (Å²) in [6.07, 6.45) is 1.70. The molecule has 0 unspecified atom stereocenters. The monoisotopic (exact) mass is 190 g/mol. The van der Waals surface area contributed by atoms with Crippen LogP contribution in [0, 0.1) is 6.92 Å². The fourth-order valence-corrected chi connectivity index (χ4v) is 1.59. The second-order valence-corrected chi connectivity index (χ2v) is 3.33. The molecule has 0 aliphatic carbocycles. The lowest BCUT2D eigenvalue weighted by atomic mass is 10.0. The molecule has 0 atom stereocenters. The maximum Gasteiger partial charge on any atom is 0.307 e. The van der Waals surface area contributed by atoms with Gasteiger partial charge in [-0.15, -0.1) is 0 Å². The van der Waals surface area contributed by atoms with Crippen molar-refractivity contribution in [2.45, 2.75) is 13.3 Å². The summed E-state index contributed by atoms with van der Waals surface area (Å²) in [5.74, 6) is -0.821. The molecular weight excluding hydrogens is 180 g/mol. The molecule has 0 amide bonds. The zero-order chi connectivity index (χ0) is 10.1. The number of benzene rings is 1. The number of carbonyl (C=O) groups is 1. The number of aromatic nitrogens is 2. The highest BCUT2D eigenvalue weighted by Gasteiger charge is 2.07. The molecule has 2 rings (SSSR count). The van der Waals surface area contributed by atoms with Crippen molar-refractivity contribution in [2.24, 2.45) is 0 Å². The Morgan fingerprint density at radius 1 is 1.57 bits per heavy atom. The minimum Gasteiger partial charge on any atom is -0.481 e. The van der Waals surface area contributed by atoms with E-state index in [9.17, 15) is 4.79 Å². The standard InChI is InChI=1S/C10H10N2O2/c1-6-2-7(4-10(13)14)8-5-11-12-9(8)3-6/h2-3,5H,4H2,1H3,(H,11,12)(H,13,14). The summed E-state index contributed by atoms with van der Waals surface area (Å²) in [4.78, 5) is 10.6. The Labute approximate surface area is 80.6 Å². The highest BCUT2D eigenvalue weighted by atomic mass is 16.4. The summed E-state index contributed by atoms with van der Waals surface area (Å²) in [6.45, 7) is 1.94. The SMILES string of the molecule is Cc1cc(CC(=O)O)c2cn[nH]c2c1. The molecule has 14 heavy (non-hydrogen) atoms. The number of hydrogen-bond donors (Lipinski definition) is 2. The van der Waals surface area contributed by atoms with Gasteiger partial charge in [-0.1, -0.05) is 6.07 Å². The van der Waals surface area contributed by atoms with Crippen molar-refractivity contribution < 1.29 is 9.90 Å². The van der Waals surface area contributed by atoms with Crippen LogP contribution >= 0.6 is 0 Å². The molecule has 0 aliphatic heterocycles. The van der Waals surface area contributed by atoms with Crippen LogP contribution in [0.3, 0.4) is 0 Å². The van der Waals surface area contributed by atoms with Crippen LogP contribution < -0.4 is 0 Å². The predicted molar refractivity (Wildman–Crippen MR) is 52.2 cm³/mol. The Hall–Kier alpha value is -1.84. The van der Waals surface area contributed by atoms with Crippen LogP contribution in [0.2, 0.25) is 0 Å². The lowest BCUT2D eigenvalue weighted by Crippen LogP contribution is -2.00. The molecule has 1 aromatic carbocycles. The quantitative estimate of drug-likeness (QED) is 0.754. The molecule has 0 bridgehead atoms. The second kappa shape index (κ2) is 3.14. The van der Waals surface area contributed by atoms with Crippen LogP contribution in [0.4, 0.5) is 0 Å². The molecule has 0 saturated carbocycles. The summed E-state index contributed by atoms with van der Waals surface area (Å²) in [6, 6.07) is 3.83. The topological polar surface area (TPSA) is 66.0 Å². The Morgan fingerprint density at radius 2 is 2.36 bits per heavy atom. The van der Waals surface area contributed by atoms with Crippen molar-refractivity contribution >= 4 is 16.9 Å². The average Bonchev–Trinajstić information content (AvgIpc) is 2.50. The van der Waals surface area contributed by atoms with Gasteiger partial charge in [-0.25, -0.2) is 0 Å².